The Morgan fingerprint density at radius 3 is 2.14 bits per heavy atom. The normalized spacial score (nSPS) is 18.8. The molecule has 21 heavy (non-hydrogen) atoms. The van der Waals surface area contributed by atoms with Crippen LogP contribution in [-0.2, 0) is 20.0 Å². The number of hydrogen-bond acceptors (Lipinski definition) is 6. The van der Waals surface area contributed by atoms with E-state index < -0.39 is 20.0 Å². The summed E-state index contributed by atoms with van der Waals surface area (Å²) >= 11 is 5.78. The smallest absolute Gasteiger partial charge is 0.244 e. The number of nitrogens with two attached hydrogens (primary N) is 1. The molecule has 0 unspecified atom stereocenters. The first-order valence-electron chi connectivity index (χ1n) is 5.98. The van der Waals surface area contributed by atoms with Crippen LogP contribution in [0.25, 0.3) is 0 Å². The summed E-state index contributed by atoms with van der Waals surface area (Å²) in [6.07, 6.45) is 2.24. The van der Waals surface area contributed by atoms with Gasteiger partial charge in [0.05, 0.1) is 11.3 Å². The van der Waals surface area contributed by atoms with Crippen LogP contribution in [0, 0.1) is 0 Å². The number of rotatable bonds is 3. The molecule has 2 rings (SSSR count). The summed E-state index contributed by atoms with van der Waals surface area (Å²) < 4.78 is 50.1. The number of halogens is 1. The van der Waals surface area contributed by atoms with Crippen LogP contribution in [0.2, 0.25) is 5.02 Å². The van der Waals surface area contributed by atoms with Crippen LogP contribution in [0.3, 0.4) is 0 Å². The lowest BCUT2D eigenvalue weighted by atomic mass is 10.4. The first kappa shape index (κ1) is 16.4. The number of aromatic nitrogens is 1. The second-order valence-electron chi connectivity index (χ2n) is 4.60. The molecule has 0 atom stereocenters. The van der Waals surface area contributed by atoms with Gasteiger partial charge in [-0.3, -0.25) is 0 Å². The van der Waals surface area contributed by atoms with E-state index in [-0.39, 0.29) is 41.9 Å². The maximum Gasteiger partial charge on any atom is 0.244 e. The number of nitrogen functional groups attached to an aromatic ring is 1. The van der Waals surface area contributed by atoms with Crippen molar-refractivity contribution >= 4 is 37.5 Å². The predicted molar refractivity (Wildman–Crippen MR) is 78.8 cm³/mol. The molecule has 0 saturated carbocycles. The lowest BCUT2D eigenvalue weighted by Gasteiger charge is -2.32. The molecule has 0 radical (unpaired) electrons. The van der Waals surface area contributed by atoms with Crippen LogP contribution in [0.5, 0.6) is 0 Å². The van der Waals surface area contributed by atoms with Gasteiger partial charge in [0.15, 0.2) is 0 Å². The molecule has 11 heteroatoms. The van der Waals surface area contributed by atoms with Crippen molar-refractivity contribution in [2.75, 3.05) is 38.2 Å². The van der Waals surface area contributed by atoms with Gasteiger partial charge in [-0.15, -0.1) is 0 Å². The Kier molecular flexibility index (Phi) is 4.45. The molecule has 2 N–H and O–H groups in total. The third-order valence-electron chi connectivity index (χ3n) is 3.15. The van der Waals surface area contributed by atoms with Gasteiger partial charge in [-0.25, -0.2) is 21.8 Å². The van der Waals surface area contributed by atoms with Crippen molar-refractivity contribution in [2.24, 2.45) is 0 Å². The second kappa shape index (κ2) is 5.69. The summed E-state index contributed by atoms with van der Waals surface area (Å²) in [7, 11) is -7.07. The molecule has 8 nitrogen and oxygen atoms in total. The maximum absolute atomic E-state index is 12.4. The van der Waals surface area contributed by atoms with Crippen molar-refractivity contribution in [3.8, 4) is 0 Å². The molecule has 1 aromatic rings. The van der Waals surface area contributed by atoms with Crippen molar-refractivity contribution in [3.63, 3.8) is 0 Å². The summed E-state index contributed by atoms with van der Waals surface area (Å²) in [5.74, 6) is 0.0533. The van der Waals surface area contributed by atoms with Crippen LogP contribution in [0.15, 0.2) is 17.2 Å². The van der Waals surface area contributed by atoms with E-state index in [2.05, 4.69) is 4.98 Å². The van der Waals surface area contributed by atoms with Gasteiger partial charge in [-0.2, -0.15) is 8.61 Å². The minimum atomic E-state index is -3.76. The van der Waals surface area contributed by atoms with Crippen LogP contribution in [-0.4, -0.2) is 62.9 Å². The molecule has 118 valence electrons. The SMILES string of the molecule is CS(=O)(=O)N1CCN(S(=O)(=O)c2cnc(N)c(Cl)c2)CC1. The van der Waals surface area contributed by atoms with Gasteiger partial charge in [-0.05, 0) is 6.07 Å². The number of nitrogens with zero attached hydrogens (tertiary/aromatic N) is 3. The van der Waals surface area contributed by atoms with Gasteiger partial charge in [0.25, 0.3) is 0 Å². The molecule has 1 aromatic heterocycles. The highest BCUT2D eigenvalue weighted by atomic mass is 35.5. The Hall–Kier alpha value is -0.940. The van der Waals surface area contributed by atoms with E-state index in [1.165, 1.54) is 14.7 Å². The summed E-state index contributed by atoms with van der Waals surface area (Å²) in [5.41, 5.74) is 5.45. The molecular weight excluding hydrogens is 340 g/mol. The highest BCUT2D eigenvalue weighted by Crippen LogP contribution is 2.23. The quantitative estimate of drug-likeness (QED) is 0.788. The van der Waals surface area contributed by atoms with Crippen LogP contribution >= 0.6 is 11.6 Å². The van der Waals surface area contributed by atoms with Crippen molar-refractivity contribution in [3.05, 3.63) is 17.3 Å². The van der Waals surface area contributed by atoms with Gasteiger partial charge >= 0.3 is 0 Å². The Bertz CT molecular complexity index is 742. The fraction of sp³-hybridized carbons (Fsp3) is 0.500. The van der Waals surface area contributed by atoms with Gasteiger partial charge in [-0.1, -0.05) is 11.6 Å². The molecule has 0 bridgehead atoms. The monoisotopic (exact) mass is 354 g/mol. The van der Waals surface area contributed by atoms with Gasteiger partial charge < -0.3 is 5.73 Å². The molecule has 0 aliphatic carbocycles. The Morgan fingerprint density at radius 2 is 1.67 bits per heavy atom. The Labute approximate surface area is 128 Å². The Morgan fingerprint density at radius 1 is 1.14 bits per heavy atom. The lowest BCUT2D eigenvalue weighted by molar-refractivity contribution is 0.274. The lowest BCUT2D eigenvalue weighted by Crippen LogP contribution is -2.50. The average molecular weight is 355 g/mol. The maximum atomic E-state index is 12.4. The fourth-order valence-electron chi connectivity index (χ4n) is 1.96. The molecule has 0 amide bonds. The summed E-state index contributed by atoms with van der Waals surface area (Å²) in [4.78, 5) is 3.67. The summed E-state index contributed by atoms with van der Waals surface area (Å²) in [6, 6.07) is 1.24. The van der Waals surface area contributed by atoms with E-state index in [1.54, 1.807) is 0 Å². The standard InChI is InChI=1S/C10H15ClN4O4S2/c1-20(16,17)14-2-4-15(5-3-14)21(18,19)8-6-9(11)10(12)13-7-8/h6-7H,2-5H2,1H3,(H2,12,13). The minimum Gasteiger partial charge on any atom is -0.382 e. The summed E-state index contributed by atoms with van der Waals surface area (Å²) in [6.45, 7) is 0.400. The van der Waals surface area contributed by atoms with Crippen LogP contribution < -0.4 is 5.73 Å². The van der Waals surface area contributed by atoms with Gasteiger partial charge in [0, 0.05) is 32.4 Å². The molecule has 0 spiro atoms. The highest BCUT2D eigenvalue weighted by Gasteiger charge is 2.31. The first-order chi connectivity index (χ1) is 9.62. The predicted octanol–water partition coefficient (Wildman–Crippen LogP) is -0.417. The van der Waals surface area contributed by atoms with E-state index in [0.29, 0.717) is 0 Å². The Balaban J connectivity index is 2.20. The minimum absolute atomic E-state index is 0.0533. The molecular formula is C10H15ClN4O4S2. The number of pyridine rings is 1. The van der Waals surface area contributed by atoms with E-state index >= 15 is 0 Å². The third-order valence-corrected chi connectivity index (χ3v) is 6.62. The third kappa shape index (κ3) is 3.46. The largest absolute Gasteiger partial charge is 0.382 e. The van der Waals surface area contributed by atoms with Crippen molar-refractivity contribution < 1.29 is 16.8 Å². The van der Waals surface area contributed by atoms with Crippen LogP contribution in [0.4, 0.5) is 5.82 Å². The zero-order chi connectivity index (χ0) is 15.8. The topological polar surface area (TPSA) is 114 Å². The number of piperazine rings is 1. The highest BCUT2D eigenvalue weighted by molar-refractivity contribution is 7.89. The molecule has 1 aliphatic heterocycles. The molecule has 1 aliphatic rings. The fourth-order valence-corrected chi connectivity index (χ4v) is 4.42. The van der Waals surface area contributed by atoms with E-state index in [1.807, 2.05) is 0 Å². The van der Waals surface area contributed by atoms with E-state index in [9.17, 15) is 16.8 Å². The van der Waals surface area contributed by atoms with Gasteiger partial charge in [0.2, 0.25) is 20.0 Å². The zero-order valence-electron chi connectivity index (χ0n) is 11.2. The average Bonchev–Trinajstić information content (AvgIpc) is 2.41. The van der Waals surface area contributed by atoms with Crippen molar-refractivity contribution in [1.29, 1.82) is 0 Å². The summed E-state index contributed by atoms with van der Waals surface area (Å²) in [5, 5.41) is 0.0610. The van der Waals surface area contributed by atoms with E-state index in [4.69, 9.17) is 17.3 Å². The zero-order valence-corrected chi connectivity index (χ0v) is 13.6. The van der Waals surface area contributed by atoms with Crippen molar-refractivity contribution in [2.45, 2.75) is 4.90 Å². The van der Waals surface area contributed by atoms with Gasteiger partial charge in [0.1, 0.15) is 10.7 Å². The molecule has 1 fully saturated rings. The number of anilines is 1. The van der Waals surface area contributed by atoms with Crippen molar-refractivity contribution in [1.82, 2.24) is 13.6 Å². The second-order valence-corrected chi connectivity index (χ2v) is 8.93. The number of sulfonamides is 2. The molecule has 0 aromatic carbocycles. The number of hydrogen-bond donors (Lipinski definition) is 1. The van der Waals surface area contributed by atoms with E-state index in [0.717, 1.165) is 12.5 Å². The van der Waals surface area contributed by atoms with Crippen LogP contribution in [0.1, 0.15) is 0 Å². The molecule has 1 saturated heterocycles. The molecule has 2 heterocycles. The first-order valence-corrected chi connectivity index (χ1v) is 9.65.